The number of hydrogen-bond acceptors (Lipinski definition) is 3. The topological polar surface area (TPSA) is 29.5 Å². The maximum absolute atomic E-state index is 13.2. The SMILES string of the molecule is C=C(Cc1ccc2c(c1)N(C(=O)CC(C)(C)C)c1ccccc1S2)OCC. The van der Waals surface area contributed by atoms with Crippen LogP contribution in [0.15, 0.2) is 64.6 Å². The molecule has 0 fully saturated rings. The van der Waals surface area contributed by atoms with Crippen LogP contribution in [-0.4, -0.2) is 12.5 Å². The molecular weight excluding hydrogens is 354 g/mol. The molecule has 3 nitrogen and oxygen atoms in total. The Hall–Kier alpha value is -2.20. The van der Waals surface area contributed by atoms with Gasteiger partial charge in [0.15, 0.2) is 0 Å². The van der Waals surface area contributed by atoms with Gasteiger partial charge in [0.1, 0.15) is 0 Å². The molecule has 0 unspecified atom stereocenters. The van der Waals surface area contributed by atoms with Crippen LogP contribution in [0, 0.1) is 5.41 Å². The van der Waals surface area contributed by atoms with Gasteiger partial charge >= 0.3 is 0 Å². The molecule has 2 aromatic carbocycles. The number of ether oxygens (including phenoxy) is 1. The zero-order valence-corrected chi connectivity index (χ0v) is 17.4. The molecule has 3 rings (SSSR count). The van der Waals surface area contributed by atoms with Crippen LogP contribution in [-0.2, 0) is 16.0 Å². The van der Waals surface area contributed by atoms with Crippen molar-refractivity contribution in [3.63, 3.8) is 0 Å². The van der Waals surface area contributed by atoms with Crippen molar-refractivity contribution < 1.29 is 9.53 Å². The molecule has 0 N–H and O–H groups in total. The van der Waals surface area contributed by atoms with Crippen LogP contribution in [0.4, 0.5) is 11.4 Å². The number of carbonyl (C=O) groups excluding carboxylic acids is 1. The monoisotopic (exact) mass is 381 g/mol. The van der Waals surface area contributed by atoms with Crippen molar-refractivity contribution in [1.82, 2.24) is 0 Å². The first-order valence-corrected chi connectivity index (χ1v) is 10.1. The molecule has 0 radical (unpaired) electrons. The predicted molar refractivity (Wildman–Crippen MR) is 113 cm³/mol. The van der Waals surface area contributed by atoms with Crippen molar-refractivity contribution in [3.8, 4) is 0 Å². The van der Waals surface area contributed by atoms with Crippen molar-refractivity contribution in [2.45, 2.75) is 50.3 Å². The number of amides is 1. The number of allylic oxidation sites excluding steroid dienone is 1. The summed E-state index contributed by atoms with van der Waals surface area (Å²) in [5.41, 5.74) is 2.94. The van der Waals surface area contributed by atoms with E-state index in [0.717, 1.165) is 32.5 Å². The smallest absolute Gasteiger partial charge is 0.232 e. The van der Waals surface area contributed by atoms with Gasteiger partial charge in [-0.15, -0.1) is 0 Å². The lowest BCUT2D eigenvalue weighted by molar-refractivity contribution is -0.119. The van der Waals surface area contributed by atoms with Gasteiger partial charge in [0.25, 0.3) is 0 Å². The van der Waals surface area contributed by atoms with Crippen LogP contribution in [0.25, 0.3) is 0 Å². The Bertz CT molecular complexity index is 867. The Labute approximate surface area is 166 Å². The molecule has 0 saturated heterocycles. The van der Waals surface area contributed by atoms with Gasteiger partial charge < -0.3 is 4.74 Å². The summed E-state index contributed by atoms with van der Waals surface area (Å²) in [6, 6.07) is 14.4. The number of hydrogen-bond donors (Lipinski definition) is 0. The minimum atomic E-state index is -0.0718. The van der Waals surface area contributed by atoms with Gasteiger partial charge in [-0.25, -0.2) is 0 Å². The first-order valence-electron chi connectivity index (χ1n) is 9.32. The number of rotatable bonds is 5. The Morgan fingerprint density at radius 1 is 1.11 bits per heavy atom. The summed E-state index contributed by atoms with van der Waals surface area (Å²) in [4.78, 5) is 17.3. The Morgan fingerprint density at radius 2 is 1.81 bits per heavy atom. The molecule has 0 atom stereocenters. The molecule has 1 amide bonds. The number of anilines is 2. The molecule has 142 valence electrons. The number of benzene rings is 2. The summed E-state index contributed by atoms with van der Waals surface area (Å²) in [5, 5.41) is 0. The van der Waals surface area contributed by atoms with Gasteiger partial charge in [-0.2, -0.15) is 0 Å². The van der Waals surface area contributed by atoms with Crippen molar-refractivity contribution >= 4 is 29.0 Å². The number of carbonyl (C=O) groups is 1. The van der Waals surface area contributed by atoms with Crippen molar-refractivity contribution in [2.24, 2.45) is 5.41 Å². The zero-order chi connectivity index (χ0) is 19.6. The van der Waals surface area contributed by atoms with E-state index in [1.54, 1.807) is 11.8 Å². The second-order valence-corrected chi connectivity index (χ2v) is 9.07. The van der Waals surface area contributed by atoms with Gasteiger partial charge in [0.05, 0.1) is 23.7 Å². The molecule has 4 heteroatoms. The quantitative estimate of drug-likeness (QED) is 0.566. The highest BCUT2D eigenvalue weighted by atomic mass is 32.2. The maximum atomic E-state index is 13.2. The van der Waals surface area contributed by atoms with Crippen LogP contribution >= 0.6 is 11.8 Å². The fourth-order valence-electron chi connectivity index (χ4n) is 3.19. The Kier molecular flexibility index (Phi) is 5.66. The molecule has 0 aromatic heterocycles. The van der Waals surface area contributed by atoms with E-state index >= 15 is 0 Å². The first-order chi connectivity index (χ1) is 12.8. The summed E-state index contributed by atoms with van der Waals surface area (Å²) in [6.07, 6.45) is 1.13. The van der Waals surface area contributed by atoms with E-state index in [1.165, 1.54) is 0 Å². The fourth-order valence-corrected chi connectivity index (χ4v) is 4.23. The van der Waals surface area contributed by atoms with Gasteiger partial charge in [-0.1, -0.05) is 57.3 Å². The summed E-state index contributed by atoms with van der Waals surface area (Å²) in [7, 11) is 0. The number of nitrogens with zero attached hydrogens (tertiary/aromatic N) is 1. The van der Waals surface area contributed by atoms with E-state index in [-0.39, 0.29) is 11.3 Å². The molecule has 27 heavy (non-hydrogen) atoms. The third-order valence-corrected chi connectivity index (χ3v) is 5.40. The van der Waals surface area contributed by atoms with Crippen LogP contribution in [0.1, 0.15) is 39.7 Å². The lowest BCUT2D eigenvalue weighted by atomic mass is 9.91. The van der Waals surface area contributed by atoms with Gasteiger partial charge in [0.2, 0.25) is 5.91 Å². The lowest BCUT2D eigenvalue weighted by Crippen LogP contribution is -2.31. The molecule has 2 aromatic rings. The van der Waals surface area contributed by atoms with E-state index in [0.29, 0.717) is 19.4 Å². The minimum absolute atomic E-state index is 0.0718. The van der Waals surface area contributed by atoms with Gasteiger partial charge in [-0.05, 0) is 42.2 Å². The molecular formula is C23H27NO2S. The summed E-state index contributed by atoms with van der Waals surface area (Å²) in [6.45, 7) is 12.8. The molecule has 0 saturated carbocycles. The van der Waals surface area contributed by atoms with E-state index in [2.05, 4.69) is 51.6 Å². The molecule has 1 heterocycles. The van der Waals surface area contributed by atoms with Crippen LogP contribution in [0.3, 0.4) is 0 Å². The van der Waals surface area contributed by atoms with Crippen molar-refractivity contribution in [3.05, 3.63) is 60.4 Å². The maximum Gasteiger partial charge on any atom is 0.232 e. The van der Waals surface area contributed by atoms with Crippen LogP contribution in [0.5, 0.6) is 0 Å². The fraction of sp³-hybridized carbons (Fsp3) is 0.348. The Balaban J connectivity index is 2.01. The average molecular weight is 382 g/mol. The van der Waals surface area contributed by atoms with Crippen LogP contribution in [0.2, 0.25) is 0 Å². The zero-order valence-electron chi connectivity index (χ0n) is 16.5. The standard InChI is InChI=1S/C23H27NO2S/c1-6-26-16(2)13-17-11-12-21-19(14-17)24(22(25)15-23(3,4)5)18-9-7-8-10-20(18)27-21/h7-12,14H,2,6,13,15H2,1,3-5H3. The lowest BCUT2D eigenvalue weighted by Gasteiger charge is -2.33. The largest absolute Gasteiger partial charge is 0.498 e. The summed E-state index contributed by atoms with van der Waals surface area (Å²) >= 11 is 1.71. The molecule has 0 spiro atoms. The Morgan fingerprint density at radius 3 is 2.52 bits per heavy atom. The summed E-state index contributed by atoms with van der Waals surface area (Å²) < 4.78 is 5.51. The second kappa shape index (κ2) is 7.81. The highest BCUT2D eigenvalue weighted by molar-refractivity contribution is 7.99. The van der Waals surface area contributed by atoms with Gasteiger partial charge in [-0.3, -0.25) is 9.69 Å². The first kappa shape index (κ1) is 19.6. The molecule has 1 aliphatic rings. The highest BCUT2D eigenvalue weighted by Gasteiger charge is 2.30. The average Bonchev–Trinajstić information content (AvgIpc) is 2.58. The number of para-hydroxylation sites is 1. The molecule has 0 bridgehead atoms. The van der Waals surface area contributed by atoms with E-state index in [9.17, 15) is 4.79 Å². The van der Waals surface area contributed by atoms with Crippen LogP contribution < -0.4 is 4.90 Å². The normalized spacial score (nSPS) is 13.0. The van der Waals surface area contributed by atoms with Gasteiger partial charge in [0, 0.05) is 22.6 Å². The van der Waals surface area contributed by atoms with Crippen molar-refractivity contribution in [1.29, 1.82) is 0 Å². The van der Waals surface area contributed by atoms with E-state index < -0.39 is 0 Å². The molecule has 0 aliphatic carbocycles. The van der Waals surface area contributed by atoms with E-state index in [1.807, 2.05) is 30.0 Å². The summed E-state index contributed by atoms with van der Waals surface area (Å²) in [5.74, 6) is 0.867. The van der Waals surface area contributed by atoms with Crippen molar-refractivity contribution in [2.75, 3.05) is 11.5 Å². The third-order valence-electron chi connectivity index (χ3n) is 4.27. The van der Waals surface area contributed by atoms with E-state index in [4.69, 9.17) is 4.74 Å². The predicted octanol–water partition coefficient (Wildman–Crippen LogP) is 6.34. The number of fused-ring (bicyclic) bond motifs is 2. The molecule has 1 aliphatic heterocycles. The minimum Gasteiger partial charge on any atom is -0.498 e. The second-order valence-electron chi connectivity index (χ2n) is 7.99. The highest BCUT2D eigenvalue weighted by Crippen LogP contribution is 2.49. The third kappa shape index (κ3) is 4.56.